The van der Waals surface area contributed by atoms with E-state index in [1.807, 2.05) is 0 Å². The van der Waals surface area contributed by atoms with Gasteiger partial charge in [0.05, 0.1) is 18.7 Å². The zero-order valence-electron chi connectivity index (χ0n) is 15.7. The molecule has 0 unspecified atom stereocenters. The minimum atomic E-state index is -0.380. The summed E-state index contributed by atoms with van der Waals surface area (Å²) in [6.07, 6.45) is 2.54. The Morgan fingerprint density at radius 2 is 1.93 bits per heavy atom. The summed E-state index contributed by atoms with van der Waals surface area (Å²) in [6, 6.07) is 5.10. The molecule has 0 bridgehead atoms. The van der Waals surface area contributed by atoms with Gasteiger partial charge < -0.3 is 19.3 Å². The van der Waals surface area contributed by atoms with E-state index < -0.39 is 0 Å². The molecule has 1 aromatic carbocycles. The van der Waals surface area contributed by atoms with Crippen LogP contribution < -0.4 is 9.64 Å². The average Bonchev–Trinajstić information content (AvgIpc) is 3.18. The van der Waals surface area contributed by atoms with Gasteiger partial charge in [-0.3, -0.25) is 14.4 Å². The van der Waals surface area contributed by atoms with Crippen molar-refractivity contribution in [3.63, 3.8) is 0 Å². The molecule has 1 saturated heterocycles. The number of benzene rings is 1. The second-order valence-corrected chi connectivity index (χ2v) is 6.79. The predicted octanol–water partition coefficient (Wildman–Crippen LogP) is 2.03. The molecule has 0 saturated carbocycles. The van der Waals surface area contributed by atoms with E-state index in [0.29, 0.717) is 30.2 Å². The van der Waals surface area contributed by atoms with Crippen LogP contribution in [0, 0.1) is 0 Å². The first-order valence-corrected chi connectivity index (χ1v) is 9.57. The SMILES string of the molecule is CCOC(=O)CCC(=O)c1ccc2c(c1)N(CCN1CCCC1)C(=O)CO2. The summed E-state index contributed by atoms with van der Waals surface area (Å²) in [6.45, 7) is 5.58. The van der Waals surface area contributed by atoms with Gasteiger partial charge in [0.25, 0.3) is 5.91 Å². The molecule has 146 valence electrons. The molecule has 0 N–H and O–H groups in total. The third kappa shape index (κ3) is 4.86. The van der Waals surface area contributed by atoms with Crippen LogP contribution in [-0.4, -0.2) is 62.0 Å². The molecule has 7 heteroatoms. The lowest BCUT2D eigenvalue weighted by atomic mass is 10.0. The van der Waals surface area contributed by atoms with Crippen LogP contribution in [0.15, 0.2) is 18.2 Å². The third-order valence-corrected chi connectivity index (χ3v) is 4.92. The van der Waals surface area contributed by atoms with Gasteiger partial charge >= 0.3 is 5.97 Å². The third-order valence-electron chi connectivity index (χ3n) is 4.92. The van der Waals surface area contributed by atoms with Crippen LogP contribution in [-0.2, 0) is 14.3 Å². The molecule has 1 amide bonds. The van der Waals surface area contributed by atoms with Crippen molar-refractivity contribution in [1.82, 2.24) is 4.90 Å². The lowest BCUT2D eigenvalue weighted by Gasteiger charge is -2.31. The Bertz CT molecular complexity index is 712. The summed E-state index contributed by atoms with van der Waals surface area (Å²) < 4.78 is 10.4. The minimum Gasteiger partial charge on any atom is -0.482 e. The highest BCUT2D eigenvalue weighted by atomic mass is 16.5. The first kappa shape index (κ1) is 19.4. The quantitative estimate of drug-likeness (QED) is 0.512. The smallest absolute Gasteiger partial charge is 0.306 e. The fourth-order valence-electron chi connectivity index (χ4n) is 3.46. The topological polar surface area (TPSA) is 76.2 Å². The lowest BCUT2D eigenvalue weighted by molar-refractivity contribution is -0.143. The highest BCUT2D eigenvalue weighted by Gasteiger charge is 2.27. The first-order valence-electron chi connectivity index (χ1n) is 9.57. The molecule has 1 fully saturated rings. The van der Waals surface area contributed by atoms with Crippen LogP contribution in [0.2, 0.25) is 0 Å². The van der Waals surface area contributed by atoms with Crippen LogP contribution in [0.3, 0.4) is 0 Å². The predicted molar refractivity (Wildman–Crippen MR) is 100 cm³/mol. The van der Waals surface area contributed by atoms with Gasteiger partial charge in [0.2, 0.25) is 0 Å². The van der Waals surface area contributed by atoms with Gasteiger partial charge in [0.1, 0.15) is 5.75 Å². The van der Waals surface area contributed by atoms with Crippen LogP contribution in [0.25, 0.3) is 0 Å². The summed E-state index contributed by atoms with van der Waals surface area (Å²) in [5.74, 6) is -0.0197. The molecule has 2 heterocycles. The molecule has 2 aliphatic heterocycles. The van der Waals surface area contributed by atoms with Crippen molar-refractivity contribution in [3.05, 3.63) is 23.8 Å². The van der Waals surface area contributed by atoms with Gasteiger partial charge in [-0.15, -0.1) is 0 Å². The largest absolute Gasteiger partial charge is 0.482 e. The molecule has 2 aliphatic rings. The standard InChI is InChI=1S/C20H26N2O5/c1-2-26-20(25)8-6-17(23)15-5-7-18-16(13-15)22(19(24)14-27-18)12-11-21-9-3-4-10-21/h5,7,13H,2-4,6,8-12,14H2,1H3. The van der Waals surface area contributed by atoms with Crippen molar-refractivity contribution in [3.8, 4) is 5.75 Å². The zero-order valence-corrected chi connectivity index (χ0v) is 15.7. The van der Waals surface area contributed by atoms with E-state index >= 15 is 0 Å². The van der Waals surface area contributed by atoms with Crippen LogP contribution >= 0.6 is 0 Å². The molecule has 27 heavy (non-hydrogen) atoms. The Morgan fingerprint density at radius 1 is 1.15 bits per heavy atom. The molecule has 0 spiro atoms. The molecule has 0 aromatic heterocycles. The first-order chi connectivity index (χ1) is 13.1. The van der Waals surface area contributed by atoms with E-state index in [2.05, 4.69) is 4.90 Å². The summed E-state index contributed by atoms with van der Waals surface area (Å²) in [5.41, 5.74) is 1.11. The summed E-state index contributed by atoms with van der Waals surface area (Å²) in [7, 11) is 0. The van der Waals surface area contributed by atoms with E-state index in [4.69, 9.17) is 9.47 Å². The molecule has 7 nitrogen and oxygen atoms in total. The number of fused-ring (bicyclic) bond motifs is 1. The Kier molecular flexibility index (Phi) is 6.45. The van der Waals surface area contributed by atoms with E-state index in [1.165, 1.54) is 12.8 Å². The van der Waals surface area contributed by atoms with Gasteiger partial charge in [-0.05, 0) is 51.1 Å². The van der Waals surface area contributed by atoms with E-state index in [9.17, 15) is 14.4 Å². The van der Waals surface area contributed by atoms with Gasteiger partial charge in [-0.1, -0.05) is 0 Å². The van der Waals surface area contributed by atoms with E-state index in [-0.39, 0.29) is 37.1 Å². The Labute approximate surface area is 159 Å². The van der Waals surface area contributed by atoms with Gasteiger partial charge in [0, 0.05) is 25.1 Å². The summed E-state index contributed by atoms with van der Waals surface area (Å²) >= 11 is 0. The maximum Gasteiger partial charge on any atom is 0.306 e. The normalized spacial score (nSPS) is 16.8. The maximum atomic E-state index is 12.4. The van der Waals surface area contributed by atoms with Crippen LogP contribution in [0.4, 0.5) is 5.69 Å². The van der Waals surface area contributed by atoms with E-state index in [1.54, 1.807) is 30.0 Å². The van der Waals surface area contributed by atoms with Crippen molar-refractivity contribution < 1.29 is 23.9 Å². The Balaban J connectivity index is 1.69. The van der Waals surface area contributed by atoms with Gasteiger partial charge in [0.15, 0.2) is 12.4 Å². The van der Waals surface area contributed by atoms with Crippen LogP contribution in [0.5, 0.6) is 5.75 Å². The molecule has 3 rings (SSSR count). The van der Waals surface area contributed by atoms with E-state index in [0.717, 1.165) is 19.6 Å². The van der Waals surface area contributed by atoms with Crippen molar-refractivity contribution in [2.24, 2.45) is 0 Å². The number of hydrogen-bond acceptors (Lipinski definition) is 6. The summed E-state index contributed by atoms with van der Waals surface area (Å²) in [4.78, 5) is 40.3. The number of likely N-dealkylation sites (tertiary alicyclic amines) is 1. The number of nitrogens with zero attached hydrogens (tertiary/aromatic N) is 2. The second kappa shape index (κ2) is 8.99. The van der Waals surface area contributed by atoms with Crippen molar-refractivity contribution in [1.29, 1.82) is 0 Å². The summed E-state index contributed by atoms with van der Waals surface area (Å²) in [5, 5.41) is 0. The number of rotatable bonds is 8. The highest BCUT2D eigenvalue weighted by molar-refractivity contribution is 6.02. The Morgan fingerprint density at radius 3 is 2.67 bits per heavy atom. The zero-order chi connectivity index (χ0) is 19.2. The van der Waals surface area contributed by atoms with Crippen molar-refractivity contribution in [2.45, 2.75) is 32.6 Å². The number of esters is 1. The molecule has 0 aliphatic carbocycles. The van der Waals surface area contributed by atoms with Crippen LogP contribution in [0.1, 0.15) is 43.0 Å². The highest BCUT2D eigenvalue weighted by Crippen LogP contribution is 2.33. The fraction of sp³-hybridized carbons (Fsp3) is 0.550. The van der Waals surface area contributed by atoms with Gasteiger partial charge in [-0.2, -0.15) is 0 Å². The molecular formula is C20H26N2O5. The van der Waals surface area contributed by atoms with Crippen molar-refractivity contribution >= 4 is 23.3 Å². The maximum absolute atomic E-state index is 12.4. The fourth-order valence-corrected chi connectivity index (χ4v) is 3.46. The number of ether oxygens (including phenoxy) is 2. The number of carbonyl (C=O) groups excluding carboxylic acids is 3. The molecule has 1 aromatic rings. The molecule has 0 atom stereocenters. The number of carbonyl (C=O) groups is 3. The number of hydrogen-bond donors (Lipinski definition) is 0. The number of amides is 1. The molecule has 0 radical (unpaired) electrons. The molecular weight excluding hydrogens is 348 g/mol. The number of anilines is 1. The monoisotopic (exact) mass is 374 g/mol. The minimum absolute atomic E-state index is 0.0170. The second-order valence-electron chi connectivity index (χ2n) is 6.79. The Hall–Kier alpha value is -2.41. The number of Topliss-reactive ketones (excluding diaryl/α,β-unsaturated/α-hetero) is 1. The lowest BCUT2D eigenvalue weighted by Crippen LogP contribution is -2.43. The van der Waals surface area contributed by atoms with Gasteiger partial charge in [-0.25, -0.2) is 0 Å². The number of ketones is 1. The van der Waals surface area contributed by atoms with Crippen molar-refractivity contribution in [2.75, 3.05) is 44.3 Å². The average molecular weight is 374 g/mol.